The Morgan fingerprint density at radius 3 is 2.75 bits per heavy atom. The van der Waals surface area contributed by atoms with Gasteiger partial charge in [-0.3, -0.25) is 0 Å². The molecule has 0 atom stereocenters. The fraction of sp³-hybridized carbons (Fsp3) is 0.400. The number of benzene rings is 1. The molecule has 0 bridgehead atoms. The zero-order valence-electron chi connectivity index (χ0n) is 12.0. The van der Waals surface area contributed by atoms with Gasteiger partial charge in [-0.2, -0.15) is 0 Å². The lowest BCUT2D eigenvalue weighted by molar-refractivity contribution is 0.178. The van der Waals surface area contributed by atoms with Crippen molar-refractivity contribution in [3.8, 4) is 5.75 Å². The first-order chi connectivity index (χ1) is 9.65. The topological polar surface area (TPSA) is 51.6 Å². The Morgan fingerprint density at radius 2 is 2.05 bits per heavy atom. The molecule has 4 nitrogen and oxygen atoms in total. The minimum absolute atomic E-state index is 0.0141. The summed E-state index contributed by atoms with van der Waals surface area (Å²) in [5.74, 6) is 0.874. The van der Waals surface area contributed by atoms with Gasteiger partial charge in [0.2, 0.25) is 0 Å². The molecule has 0 radical (unpaired) electrons. The highest BCUT2D eigenvalue weighted by atomic mass is 32.1. The molecule has 0 unspecified atom stereocenters. The van der Waals surface area contributed by atoms with Crippen molar-refractivity contribution < 1.29 is 14.6 Å². The van der Waals surface area contributed by atoms with Crippen molar-refractivity contribution in [2.75, 3.05) is 7.11 Å². The average molecular weight is 293 g/mol. The van der Waals surface area contributed by atoms with Crippen LogP contribution in [0.1, 0.15) is 26.7 Å². The number of aryl methyl sites for hydroxylation is 1. The smallest absolute Gasteiger partial charge is 0.140 e. The van der Waals surface area contributed by atoms with Gasteiger partial charge in [0.15, 0.2) is 0 Å². The molecule has 0 fully saturated rings. The van der Waals surface area contributed by atoms with E-state index in [0.717, 1.165) is 26.9 Å². The van der Waals surface area contributed by atoms with E-state index in [1.54, 1.807) is 7.11 Å². The Hall–Kier alpha value is -1.43. The van der Waals surface area contributed by atoms with Crippen molar-refractivity contribution in [3.63, 3.8) is 0 Å². The Morgan fingerprint density at radius 1 is 1.25 bits per heavy atom. The van der Waals surface area contributed by atoms with Crippen LogP contribution in [0.25, 0.3) is 0 Å². The SMILES string of the molecule is COCc1nc(COc2cccc(C)c2C)sc1CO. The number of aliphatic hydroxyl groups is 1. The highest BCUT2D eigenvalue weighted by Crippen LogP contribution is 2.24. The second-order valence-electron chi connectivity index (χ2n) is 4.56. The summed E-state index contributed by atoms with van der Waals surface area (Å²) in [6.45, 7) is 4.91. The van der Waals surface area contributed by atoms with E-state index in [0.29, 0.717) is 13.2 Å². The quantitative estimate of drug-likeness (QED) is 0.889. The molecule has 0 saturated carbocycles. The molecule has 0 saturated heterocycles. The summed E-state index contributed by atoms with van der Waals surface area (Å²) >= 11 is 1.46. The van der Waals surface area contributed by atoms with Crippen LogP contribution in [0.2, 0.25) is 0 Å². The van der Waals surface area contributed by atoms with Crippen molar-refractivity contribution in [2.24, 2.45) is 0 Å². The first-order valence-corrected chi connectivity index (χ1v) is 7.23. The van der Waals surface area contributed by atoms with E-state index in [9.17, 15) is 5.11 Å². The van der Waals surface area contributed by atoms with Crippen LogP contribution in [-0.2, 0) is 24.6 Å². The molecular formula is C15H19NO3S. The van der Waals surface area contributed by atoms with Gasteiger partial charge in [0.25, 0.3) is 0 Å². The van der Waals surface area contributed by atoms with Crippen LogP contribution in [0.3, 0.4) is 0 Å². The first-order valence-electron chi connectivity index (χ1n) is 6.42. The maximum absolute atomic E-state index is 9.30. The van der Waals surface area contributed by atoms with E-state index in [1.807, 2.05) is 19.1 Å². The van der Waals surface area contributed by atoms with Gasteiger partial charge < -0.3 is 14.6 Å². The zero-order chi connectivity index (χ0) is 14.5. The summed E-state index contributed by atoms with van der Waals surface area (Å²) in [7, 11) is 1.62. The molecule has 0 amide bonds. The third-order valence-corrected chi connectivity index (χ3v) is 4.21. The number of methoxy groups -OCH3 is 1. The summed E-state index contributed by atoms with van der Waals surface area (Å²) < 4.78 is 10.9. The number of hydrogen-bond acceptors (Lipinski definition) is 5. The van der Waals surface area contributed by atoms with E-state index in [1.165, 1.54) is 16.9 Å². The number of hydrogen-bond donors (Lipinski definition) is 1. The lowest BCUT2D eigenvalue weighted by Crippen LogP contribution is -1.98. The standard InChI is InChI=1S/C15H19NO3S/c1-10-5-4-6-13(11(10)2)19-9-15-16-12(8-18-3)14(7-17)20-15/h4-6,17H,7-9H2,1-3H3. The summed E-state index contributed by atoms with van der Waals surface area (Å²) in [5, 5.41) is 10.1. The van der Waals surface area contributed by atoms with Crippen LogP contribution >= 0.6 is 11.3 Å². The van der Waals surface area contributed by atoms with Gasteiger partial charge in [-0.15, -0.1) is 11.3 Å². The fourth-order valence-corrected chi connectivity index (χ4v) is 2.74. The van der Waals surface area contributed by atoms with E-state index in [4.69, 9.17) is 9.47 Å². The largest absolute Gasteiger partial charge is 0.486 e. The molecule has 1 aromatic heterocycles. The lowest BCUT2D eigenvalue weighted by atomic mass is 10.1. The third-order valence-electron chi connectivity index (χ3n) is 3.15. The molecule has 0 aliphatic heterocycles. The van der Waals surface area contributed by atoms with Crippen molar-refractivity contribution >= 4 is 11.3 Å². The summed E-state index contributed by atoms with van der Waals surface area (Å²) in [4.78, 5) is 5.29. The second-order valence-corrected chi connectivity index (χ2v) is 5.72. The van der Waals surface area contributed by atoms with Crippen LogP contribution in [-0.4, -0.2) is 17.2 Å². The molecular weight excluding hydrogens is 274 g/mol. The van der Waals surface area contributed by atoms with Crippen LogP contribution in [0.5, 0.6) is 5.75 Å². The van der Waals surface area contributed by atoms with Crippen molar-refractivity contribution in [3.05, 3.63) is 44.9 Å². The van der Waals surface area contributed by atoms with E-state index in [2.05, 4.69) is 18.0 Å². The highest BCUT2D eigenvalue weighted by Gasteiger charge is 2.11. The number of aliphatic hydroxyl groups excluding tert-OH is 1. The normalized spacial score (nSPS) is 10.8. The lowest BCUT2D eigenvalue weighted by Gasteiger charge is -2.09. The van der Waals surface area contributed by atoms with Gasteiger partial charge >= 0.3 is 0 Å². The molecule has 1 aromatic carbocycles. The molecule has 2 aromatic rings. The zero-order valence-corrected chi connectivity index (χ0v) is 12.8. The Bertz CT molecular complexity index is 580. The fourth-order valence-electron chi connectivity index (χ4n) is 1.89. The van der Waals surface area contributed by atoms with Crippen LogP contribution < -0.4 is 4.74 Å². The van der Waals surface area contributed by atoms with Crippen LogP contribution in [0.4, 0.5) is 0 Å². The minimum atomic E-state index is -0.0141. The average Bonchev–Trinajstić information content (AvgIpc) is 2.83. The van der Waals surface area contributed by atoms with Gasteiger partial charge in [-0.05, 0) is 31.0 Å². The molecule has 0 spiro atoms. The van der Waals surface area contributed by atoms with Gasteiger partial charge in [-0.25, -0.2) is 4.98 Å². The molecule has 108 valence electrons. The van der Waals surface area contributed by atoms with E-state index >= 15 is 0 Å². The van der Waals surface area contributed by atoms with Crippen molar-refractivity contribution in [2.45, 2.75) is 33.7 Å². The van der Waals surface area contributed by atoms with Gasteiger partial charge in [0.1, 0.15) is 17.4 Å². The molecule has 1 heterocycles. The predicted octanol–water partition coefficient (Wildman–Crippen LogP) is 2.98. The molecule has 0 aliphatic carbocycles. The number of nitrogens with zero attached hydrogens (tertiary/aromatic N) is 1. The number of rotatable bonds is 6. The first kappa shape index (κ1) is 15.0. The van der Waals surface area contributed by atoms with Gasteiger partial charge in [0, 0.05) is 7.11 Å². The van der Waals surface area contributed by atoms with Gasteiger partial charge in [-0.1, -0.05) is 12.1 Å². The summed E-state index contributed by atoms with van der Waals surface area (Å²) in [5.41, 5.74) is 3.14. The predicted molar refractivity (Wildman–Crippen MR) is 79.0 cm³/mol. The number of thiazole rings is 1. The Kier molecular flexibility index (Phi) is 5.11. The molecule has 5 heteroatoms. The minimum Gasteiger partial charge on any atom is -0.486 e. The second kappa shape index (κ2) is 6.83. The molecule has 20 heavy (non-hydrogen) atoms. The van der Waals surface area contributed by atoms with Crippen LogP contribution in [0.15, 0.2) is 18.2 Å². The maximum Gasteiger partial charge on any atom is 0.140 e. The molecule has 2 rings (SSSR count). The number of aromatic nitrogens is 1. The van der Waals surface area contributed by atoms with Crippen molar-refractivity contribution in [1.29, 1.82) is 0 Å². The Labute approximate surface area is 123 Å². The molecule has 1 N–H and O–H groups in total. The number of ether oxygens (including phenoxy) is 2. The van der Waals surface area contributed by atoms with Crippen molar-refractivity contribution in [1.82, 2.24) is 4.98 Å². The third kappa shape index (κ3) is 3.36. The summed E-state index contributed by atoms with van der Waals surface area (Å²) in [6.07, 6.45) is 0. The Balaban J connectivity index is 2.09. The van der Waals surface area contributed by atoms with Gasteiger partial charge in [0.05, 0.1) is 23.8 Å². The maximum atomic E-state index is 9.30. The van der Waals surface area contributed by atoms with E-state index in [-0.39, 0.29) is 6.61 Å². The highest BCUT2D eigenvalue weighted by molar-refractivity contribution is 7.11. The monoisotopic (exact) mass is 293 g/mol. The molecule has 0 aliphatic rings. The van der Waals surface area contributed by atoms with Crippen LogP contribution in [0, 0.1) is 13.8 Å². The van der Waals surface area contributed by atoms with E-state index < -0.39 is 0 Å². The summed E-state index contributed by atoms with van der Waals surface area (Å²) in [6, 6.07) is 6.00.